The third-order valence-electron chi connectivity index (χ3n) is 6.21. The van der Waals surface area contributed by atoms with E-state index in [9.17, 15) is 13.2 Å². The molecule has 1 aliphatic heterocycles. The molecule has 2 aromatic carbocycles. The molecule has 1 aliphatic rings. The molecule has 0 aliphatic carbocycles. The van der Waals surface area contributed by atoms with Crippen molar-refractivity contribution >= 4 is 42.6 Å². The molecule has 7 nitrogen and oxygen atoms in total. The van der Waals surface area contributed by atoms with Crippen LogP contribution in [-0.4, -0.2) is 41.2 Å². The number of carbonyl (C=O) groups excluding carboxylic acids is 1. The van der Waals surface area contributed by atoms with Gasteiger partial charge in [0.1, 0.15) is 6.04 Å². The Morgan fingerprint density at radius 2 is 1.89 bits per heavy atom. The van der Waals surface area contributed by atoms with E-state index in [4.69, 9.17) is 4.98 Å². The Balaban J connectivity index is 1.52. The fourth-order valence-corrected chi connectivity index (χ4v) is 7.07. The quantitative estimate of drug-likeness (QED) is 0.379. The van der Waals surface area contributed by atoms with E-state index in [0.717, 1.165) is 26.9 Å². The van der Waals surface area contributed by atoms with Gasteiger partial charge in [0, 0.05) is 18.9 Å². The van der Waals surface area contributed by atoms with Crippen LogP contribution in [0.25, 0.3) is 10.2 Å². The summed E-state index contributed by atoms with van der Waals surface area (Å²) in [7, 11) is -3.81. The number of aromatic nitrogens is 2. The van der Waals surface area contributed by atoms with E-state index in [1.54, 1.807) is 41.6 Å². The van der Waals surface area contributed by atoms with E-state index in [-0.39, 0.29) is 17.3 Å². The molecule has 9 heteroatoms. The van der Waals surface area contributed by atoms with Gasteiger partial charge in [-0.3, -0.25) is 14.7 Å². The summed E-state index contributed by atoms with van der Waals surface area (Å²) in [6.45, 7) is 4.50. The Hall–Kier alpha value is -3.14. The van der Waals surface area contributed by atoms with E-state index in [1.807, 2.05) is 44.2 Å². The Labute approximate surface area is 209 Å². The number of amides is 1. The van der Waals surface area contributed by atoms with Gasteiger partial charge in [0.2, 0.25) is 15.9 Å². The first kappa shape index (κ1) is 23.6. The number of hydrogen-bond donors (Lipinski definition) is 0. The third kappa shape index (κ3) is 4.71. The molecule has 1 amide bonds. The summed E-state index contributed by atoms with van der Waals surface area (Å²) in [6, 6.07) is 15.7. The van der Waals surface area contributed by atoms with E-state index in [2.05, 4.69) is 4.98 Å². The van der Waals surface area contributed by atoms with Gasteiger partial charge in [0.05, 0.1) is 21.7 Å². The second-order valence-corrected chi connectivity index (χ2v) is 11.7. The zero-order valence-electron chi connectivity index (χ0n) is 19.6. The molecule has 3 heterocycles. The van der Waals surface area contributed by atoms with E-state index < -0.39 is 16.1 Å². The average Bonchev–Trinajstić information content (AvgIpc) is 3.50. The van der Waals surface area contributed by atoms with Crippen LogP contribution < -0.4 is 4.90 Å². The van der Waals surface area contributed by atoms with E-state index in [0.29, 0.717) is 24.5 Å². The van der Waals surface area contributed by atoms with Gasteiger partial charge in [0.25, 0.3) is 0 Å². The zero-order valence-corrected chi connectivity index (χ0v) is 21.2. The number of rotatable bonds is 6. The van der Waals surface area contributed by atoms with Crippen molar-refractivity contribution in [1.82, 2.24) is 14.3 Å². The van der Waals surface area contributed by atoms with Crippen LogP contribution in [0.3, 0.4) is 0 Å². The lowest BCUT2D eigenvalue weighted by Crippen LogP contribution is -2.47. The molecule has 0 radical (unpaired) electrons. The number of hydrogen-bond acceptors (Lipinski definition) is 6. The topological polar surface area (TPSA) is 83.5 Å². The summed E-state index contributed by atoms with van der Waals surface area (Å²) >= 11 is 1.44. The lowest BCUT2D eigenvalue weighted by Gasteiger charge is -2.28. The fourth-order valence-electron chi connectivity index (χ4n) is 4.35. The normalized spacial score (nSPS) is 16.6. The second-order valence-electron chi connectivity index (χ2n) is 8.84. The van der Waals surface area contributed by atoms with Crippen molar-refractivity contribution in [2.24, 2.45) is 0 Å². The van der Waals surface area contributed by atoms with Crippen LogP contribution in [0.15, 0.2) is 71.9 Å². The lowest BCUT2D eigenvalue weighted by molar-refractivity contribution is -0.121. The van der Waals surface area contributed by atoms with Crippen LogP contribution in [0, 0.1) is 13.8 Å². The molecule has 0 bridgehead atoms. The van der Waals surface area contributed by atoms with Crippen LogP contribution >= 0.6 is 11.3 Å². The van der Waals surface area contributed by atoms with Gasteiger partial charge < -0.3 is 0 Å². The van der Waals surface area contributed by atoms with Crippen molar-refractivity contribution in [1.29, 1.82) is 0 Å². The van der Waals surface area contributed by atoms with Crippen molar-refractivity contribution < 1.29 is 13.2 Å². The molecule has 5 rings (SSSR count). The summed E-state index contributed by atoms with van der Waals surface area (Å²) in [5.74, 6) is -0.266. The fraction of sp³-hybridized carbons (Fsp3) is 0.269. The van der Waals surface area contributed by atoms with Crippen molar-refractivity contribution in [2.45, 2.75) is 44.2 Å². The molecule has 1 saturated heterocycles. The Kier molecular flexibility index (Phi) is 6.39. The van der Waals surface area contributed by atoms with Crippen molar-refractivity contribution in [3.63, 3.8) is 0 Å². The summed E-state index contributed by atoms with van der Waals surface area (Å²) in [6.07, 6.45) is 4.49. The van der Waals surface area contributed by atoms with Crippen LogP contribution in [0.2, 0.25) is 0 Å². The minimum absolute atomic E-state index is 0.206. The molecule has 2 aromatic heterocycles. The molecule has 4 aromatic rings. The second kappa shape index (κ2) is 9.49. The summed E-state index contributed by atoms with van der Waals surface area (Å²) < 4.78 is 29.3. The maximum Gasteiger partial charge on any atom is 0.247 e. The first-order valence-corrected chi connectivity index (χ1v) is 13.7. The SMILES string of the molecule is Cc1ccc(S(=O)(=O)N2CCCC2C(=O)N(Cc2cccnc2)c2nc3ccc(C)cc3s2)cc1. The standard InChI is InChI=1S/C26H26N4O3S2/c1-18-7-10-21(11-8-18)35(32,33)30-14-4-6-23(30)25(31)29(17-20-5-3-13-27-16-20)26-28-22-12-9-19(2)15-24(22)34-26/h3,5,7-13,15-16,23H,4,6,14,17H2,1-2H3. The highest BCUT2D eigenvalue weighted by Gasteiger charge is 2.42. The van der Waals surface area contributed by atoms with E-state index >= 15 is 0 Å². The Morgan fingerprint density at radius 1 is 1.11 bits per heavy atom. The highest BCUT2D eigenvalue weighted by Crippen LogP contribution is 2.34. The molecule has 1 unspecified atom stereocenters. The van der Waals surface area contributed by atoms with E-state index in [1.165, 1.54) is 15.6 Å². The molecule has 1 atom stereocenters. The van der Waals surface area contributed by atoms with Gasteiger partial charge in [-0.05, 0) is 68.1 Å². The molecule has 0 N–H and O–H groups in total. The minimum Gasteiger partial charge on any atom is -0.282 e. The Morgan fingerprint density at radius 3 is 2.63 bits per heavy atom. The molecule has 0 spiro atoms. The first-order chi connectivity index (χ1) is 16.8. The highest BCUT2D eigenvalue weighted by molar-refractivity contribution is 7.89. The molecular weight excluding hydrogens is 480 g/mol. The van der Waals surface area contributed by atoms with Gasteiger partial charge in [0.15, 0.2) is 5.13 Å². The Bertz CT molecular complexity index is 1470. The smallest absolute Gasteiger partial charge is 0.247 e. The summed E-state index contributed by atoms with van der Waals surface area (Å²) in [5.41, 5.74) is 3.76. The van der Waals surface area contributed by atoms with Crippen molar-refractivity contribution in [3.05, 3.63) is 83.7 Å². The number of fused-ring (bicyclic) bond motifs is 1. The van der Waals surface area contributed by atoms with Gasteiger partial charge in [-0.1, -0.05) is 41.2 Å². The predicted molar refractivity (Wildman–Crippen MR) is 138 cm³/mol. The minimum atomic E-state index is -3.81. The highest BCUT2D eigenvalue weighted by atomic mass is 32.2. The first-order valence-electron chi connectivity index (χ1n) is 11.5. The summed E-state index contributed by atoms with van der Waals surface area (Å²) in [5, 5.41) is 0.555. The molecule has 1 fully saturated rings. The molecule has 0 saturated carbocycles. The number of aryl methyl sites for hydroxylation is 2. The maximum atomic E-state index is 14.0. The molecule has 180 valence electrons. The van der Waals surface area contributed by atoms with Crippen LogP contribution in [0.4, 0.5) is 5.13 Å². The zero-order chi connectivity index (χ0) is 24.6. The number of pyridine rings is 1. The van der Waals surface area contributed by atoms with Crippen molar-refractivity contribution in [3.8, 4) is 0 Å². The monoisotopic (exact) mass is 506 g/mol. The van der Waals surface area contributed by atoms with Gasteiger partial charge in [-0.15, -0.1) is 0 Å². The van der Waals surface area contributed by atoms with Crippen LogP contribution in [0.5, 0.6) is 0 Å². The lowest BCUT2D eigenvalue weighted by atomic mass is 10.2. The predicted octanol–water partition coefficient (Wildman–Crippen LogP) is 4.69. The largest absolute Gasteiger partial charge is 0.282 e. The van der Waals surface area contributed by atoms with Gasteiger partial charge in [-0.25, -0.2) is 13.4 Å². The van der Waals surface area contributed by atoms with Crippen LogP contribution in [-0.2, 0) is 21.4 Å². The number of nitrogens with zero attached hydrogens (tertiary/aromatic N) is 4. The number of benzene rings is 2. The van der Waals surface area contributed by atoms with Gasteiger partial charge in [-0.2, -0.15) is 4.31 Å². The number of sulfonamides is 1. The third-order valence-corrected chi connectivity index (χ3v) is 9.17. The molecular formula is C26H26N4O3S2. The van der Waals surface area contributed by atoms with Crippen molar-refractivity contribution in [2.75, 3.05) is 11.4 Å². The number of carbonyl (C=O) groups is 1. The number of anilines is 1. The average molecular weight is 507 g/mol. The van der Waals surface area contributed by atoms with Gasteiger partial charge >= 0.3 is 0 Å². The maximum absolute atomic E-state index is 14.0. The summed E-state index contributed by atoms with van der Waals surface area (Å²) in [4.78, 5) is 24.7. The number of thiazole rings is 1. The molecule has 35 heavy (non-hydrogen) atoms. The van der Waals surface area contributed by atoms with Crippen LogP contribution in [0.1, 0.15) is 29.5 Å².